The van der Waals surface area contributed by atoms with Gasteiger partial charge in [0.2, 0.25) is 0 Å². The summed E-state index contributed by atoms with van der Waals surface area (Å²) in [6, 6.07) is 0. The van der Waals surface area contributed by atoms with Gasteiger partial charge in [0, 0.05) is 12.0 Å². The summed E-state index contributed by atoms with van der Waals surface area (Å²) in [6.45, 7) is 4.93. The fraction of sp³-hybridized carbons (Fsp3) is 1.00. The first-order valence-electron chi connectivity index (χ1n) is 6.90. The third-order valence-electron chi connectivity index (χ3n) is 5.66. The van der Waals surface area contributed by atoms with Crippen LogP contribution in [0.15, 0.2) is 0 Å². The highest BCUT2D eigenvalue weighted by atomic mass is 16.3. The van der Waals surface area contributed by atoms with Crippen LogP contribution in [-0.4, -0.2) is 17.3 Å². The first-order chi connectivity index (χ1) is 7.47. The van der Waals surface area contributed by atoms with Crippen LogP contribution in [0, 0.1) is 10.8 Å². The predicted octanol–water partition coefficient (Wildman–Crippen LogP) is 2.84. The Morgan fingerprint density at radius 2 is 1.56 bits per heavy atom. The number of hydrogen-bond acceptors (Lipinski definition) is 2. The summed E-state index contributed by atoms with van der Waals surface area (Å²) in [4.78, 5) is 0. The summed E-state index contributed by atoms with van der Waals surface area (Å²) in [6.07, 6.45) is 9.68. The molecule has 3 N–H and O–H groups in total. The molecule has 94 valence electrons. The van der Waals surface area contributed by atoms with Crippen LogP contribution < -0.4 is 5.73 Å². The van der Waals surface area contributed by atoms with Gasteiger partial charge in [-0.1, -0.05) is 32.6 Å². The van der Waals surface area contributed by atoms with E-state index in [2.05, 4.69) is 13.8 Å². The Labute approximate surface area is 99.6 Å². The minimum Gasteiger partial charge on any atom is -0.389 e. The first-order valence-corrected chi connectivity index (χ1v) is 6.90. The SMILES string of the molecule is CC1(C(C)(O)C2(CN)CCCCCC2)CC1. The van der Waals surface area contributed by atoms with E-state index >= 15 is 0 Å². The van der Waals surface area contributed by atoms with Crippen molar-refractivity contribution in [2.24, 2.45) is 16.6 Å². The lowest BCUT2D eigenvalue weighted by atomic mass is 9.61. The van der Waals surface area contributed by atoms with Crippen LogP contribution >= 0.6 is 0 Å². The fourth-order valence-electron chi connectivity index (χ4n) is 3.61. The van der Waals surface area contributed by atoms with E-state index in [4.69, 9.17) is 5.73 Å². The summed E-state index contributed by atoms with van der Waals surface area (Å²) < 4.78 is 0. The van der Waals surface area contributed by atoms with Crippen LogP contribution in [0.4, 0.5) is 0 Å². The predicted molar refractivity (Wildman–Crippen MR) is 67.2 cm³/mol. The van der Waals surface area contributed by atoms with E-state index in [-0.39, 0.29) is 10.8 Å². The smallest absolute Gasteiger partial charge is 0.0740 e. The molecule has 0 spiro atoms. The second-order valence-corrected chi connectivity index (χ2v) is 6.53. The lowest BCUT2D eigenvalue weighted by Gasteiger charge is -2.49. The topological polar surface area (TPSA) is 46.2 Å². The Kier molecular flexibility index (Phi) is 3.09. The zero-order chi connectivity index (χ0) is 11.9. The Morgan fingerprint density at radius 1 is 1.06 bits per heavy atom. The lowest BCUT2D eigenvalue weighted by Crippen LogP contribution is -2.55. The molecule has 2 aliphatic carbocycles. The van der Waals surface area contributed by atoms with Gasteiger partial charge in [-0.25, -0.2) is 0 Å². The van der Waals surface area contributed by atoms with E-state index in [1.165, 1.54) is 38.5 Å². The molecule has 2 aliphatic rings. The first kappa shape index (κ1) is 12.4. The van der Waals surface area contributed by atoms with Gasteiger partial charge in [0.15, 0.2) is 0 Å². The minimum absolute atomic E-state index is 0.0191. The highest BCUT2D eigenvalue weighted by Gasteiger charge is 2.61. The molecule has 0 amide bonds. The molecule has 0 radical (unpaired) electrons. The van der Waals surface area contributed by atoms with E-state index in [0.717, 1.165) is 12.8 Å². The summed E-state index contributed by atoms with van der Waals surface area (Å²) in [5, 5.41) is 11.0. The Hall–Kier alpha value is -0.0800. The lowest BCUT2D eigenvalue weighted by molar-refractivity contribution is -0.123. The molecule has 1 atom stereocenters. The minimum atomic E-state index is -0.570. The van der Waals surface area contributed by atoms with Crippen molar-refractivity contribution in [3.8, 4) is 0 Å². The molecule has 0 aromatic heterocycles. The zero-order valence-corrected chi connectivity index (χ0v) is 10.9. The largest absolute Gasteiger partial charge is 0.389 e. The quantitative estimate of drug-likeness (QED) is 0.726. The number of hydrogen-bond donors (Lipinski definition) is 2. The molecule has 2 fully saturated rings. The molecular formula is C14H27NO. The average Bonchev–Trinajstić information content (AvgIpc) is 3.02. The van der Waals surface area contributed by atoms with Gasteiger partial charge in [-0.15, -0.1) is 0 Å². The summed E-state index contributed by atoms with van der Waals surface area (Å²) >= 11 is 0. The monoisotopic (exact) mass is 225 g/mol. The molecule has 0 heterocycles. The van der Waals surface area contributed by atoms with E-state index < -0.39 is 5.60 Å². The maximum absolute atomic E-state index is 11.0. The van der Waals surface area contributed by atoms with Crippen molar-refractivity contribution in [3.63, 3.8) is 0 Å². The van der Waals surface area contributed by atoms with Gasteiger partial charge >= 0.3 is 0 Å². The molecular weight excluding hydrogens is 198 g/mol. The number of aliphatic hydroxyl groups is 1. The summed E-state index contributed by atoms with van der Waals surface area (Å²) in [5.74, 6) is 0. The second kappa shape index (κ2) is 3.99. The van der Waals surface area contributed by atoms with E-state index in [9.17, 15) is 5.11 Å². The van der Waals surface area contributed by atoms with Crippen molar-refractivity contribution >= 4 is 0 Å². The van der Waals surface area contributed by atoms with Crippen LogP contribution in [0.1, 0.15) is 65.2 Å². The molecule has 2 saturated carbocycles. The average molecular weight is 225 g/mol. The van der Waals surface area contributed by atoms with Crippen molar-refractivity contribution in [2.75, 3.05) is 6.54 Å². The van der Waals surface area contributed by atoms with E-state index in [1.54, 1.807) is 0 Å². The van der Waals surface area contributed by atoms with Gasteiger partial charge in [-0.2, -0.15) is 0 Å². The third-order valence-corrected chi connectivity index (χ3v) is 5.66. The normalized spacial score (nSPS) is 31.5. The van der Waals surface area contributed by atoms with Gasteiger partial charge in [-0.3, -0.25) is 0 Å². The van der Waals surface area contributed by atoms with Crippen molar-refractivity contribution in [3.05, 3.63) is 0 Å². The molecule has 0 saturated heterocycles. The summed E-state index contributed by atoms with van der Waals surface area (Å²) in [5.41, 5.74) is 5.60. The van der Waals surface area contributed by atoms with Crippen LogP contribution in [0.25, 0.3) is 0 Å². The Balaban J connectivity index is 2.24. The van der Waals surface area contributed by atoms with Crippen molar-refractivity contribution in [2.45, 2.75) is 70.8 Å². The van der Waals surface area contributed by atoms with Gasteiger partial charge in [-0.05, 0) is 38.0 Å². The highest BCUT2D eigenvalue weighted by Crippen LogP contribution is 2.61. The summed E-state index contributed by atoms with van der Waals surface area (Å²) in [7, 11) is 0. The van der Waals surface area contributed by atoms with Crippen LogP contribution in [0.5, 0.6) is 0 Å². The number of rotatable bonds is 3. The van der Waals surface area contributed by atoms with Crippen molar-refractivity contribution in [1.29, 1.82) is 0 Å². The van der Waals surface area contributed by atoms with Crippen molar-refractivity contribution in [1.82, 2.24) is 0 Å². The van der Waals surface area contributed by atoms with Crippen LogP contribution in [0.3, 0.4) is 0 Å². The Bertz CT molecular complexity index is 247. The molecule has 16 heavy (non-hydrogen) atoms. The van der Waals surface area contributed by atoms with Gasteiger partial charge in [0.05, 0.1) is 5.60 Å². The number of nitrogens with two attached hydrogens (primary N) is 1. The molecule has 0 bridgehead atoms. The zero-order valence-electron chi connectivity index (χ0n) is 10.9. The fourth-order valence-corrected chi connectivity index (χ4v) is 3.61. The van der Waals surface area contributed by atoms with E-state index in [0.29, 0.717) is 6.54 Å². The second-order valence-electron chi connectivity index (χ2n) is 6.53. The molecule has 0 aromatic carbocycles. The molecule has 2 rings (SSSR count). The van der Waals surface area contributed by atoms with Gasteiger partial charge in [0.25, 0.3) is 0 Å². The van der Waals surface area contributed by atoms with Crippen LogP contribution in [-0.2, 0) is 0 Å². The third kappa shape index (κ3) is 1.70. The van der Waals surface area contributed by atoms with Gasteiger partial charge in [0.1, 0.15) is 0 Å². The van der Waals surface area contributed by atoms with E-state index in [1.807, 2.05) is 0 Å². The highest BCUT2D eigenvalue weighted by molar-refractivity contribution is 5.12. The molecule has 1 unspecified atom stereocenters. The molecule has 2 heteroatoms. The molecule has 2 nitrogen and oxygen atoms in total. The maximum Gasteiger partial charge on any atom is 0.0740 e. The van der Waals surface area contributed by atoms with Gasteiger partial charge < -0.3 is 10.8 Å². The molecule has 0 aromatic rings. The van der Waals surface area contributed by atoms with Crippen molar-refractivity contribution < 1.29 is 5.11 Å². The van der Waals surface area contributed by atoms with Crippen LogP contribution in [0.2, 0.25) is 0 Å². The Morgan fingerprint density at radius 3 is 1.94 bits per heavy atom. The maximum atomic E-state index is 11.0. The standard InChI is InChI=1S/C14H27NO/c1-12(9-10-12)13(2,16)14(11-15)7-5-3-4-6-8-14/h16H,3-11,15H2,1-2H3. The molecule has 0 aliphatic heterocycles.